The highest BCUT2D eigenvalue weighted by Gasteiger charge is 2.27. The number of hydrogen-bond donors (Lipinski definition) is 3. The predicted molar refractivity (Wildman–Crippen MR) is 212 cm³/mol. The summed E-state index contributed by atoms with van der Waals surface area (Å²) in [5.74, 6) is -1.79. The number of carboxylic acid groups (broad SMARTS) is 1. The summed E-state index contributed by atoms with van der Waals surface area (Å²) in [7, 11) is -4.61. The molecule has 0 heterocycles. The normalized spacial score (nSPS) is 14.2. The van der Waals surface area contributed by atoms with Gasteiger partial charge in [0.2, 0.25) is 0 Å². The minimum Gasteiger partial charge on any atom is -0.480 e. The molecular formula is C41H78NO9P. The number of hydrogen-bond acceptors (Lipinski definition) is 8. The highest BCUT2D eigenvalue weighted by Crippen LogP contribution is 2.43. The third kappa shape index (κ3) is 36.8. The average molecular weight is 760 g/mol. The van der Waals surface area contributed by atoms with Crippen molar-refractivity contribution in [2.45, 2.75) is 199 Å². The van der Waals surface area contributed by atoms with E-state index in [9.17, 15) is 19.0 Å². The Hall–Kier alpha value is -1.55. The van der Waals surface area contributed by atoms with E-state index in [2.05, 4.69) is 38.2 Å². The monoisotopic (exact) mass is 760 g/mol. The van der Waals surface area contributed by atoms with Crippen LogP contribution in [0.4, 0.5) is 0 Å². The van der Waals surface area contributed by atoms with Crippen molar-refractivity contribution in [3.63, 3.8) is 0 Å². The minimum absolute atomic E-state index is 0.0116. The number of allylic oxidation sites excluding steroid dienone is 4. The second-order valence-corrected chi connectivity index (χ2v) is 15.6. The molecule has 0 aliphatic rings. The molecule has 0 aromatic rings. The number of carboxylic acids is 1. The van der Waals surface area contributed by atoms with Crippen molar-refractivity contribution in [3.05, 3.63) is 24.3 Å². The maximum Gasteiger partial charge on any atom is 0.472 e. The van der Waals surface area contributed by atoms with Crippen molar-refractivity contribution in [3.8, 4) is 0 Å². The number of phosphoric ester groups is 1. The van der Waals surface area contributed by atoms with Crippen molar-refractivity contribution in [2.75, 3.05) is 26.4 Å². The van der Waals surface area contributed by atoms with Gasteiger partial charge >= 0.3 is 19.8 Å². The van der Waals surface area contributed by atoms with E-state index in [1.165, 1.54) is 103 Å². The summed E-state index contributed by atoms with van der Waals surface area (Å²) in [6.07, 6.45) is 39.4. The molecule has 0 fully saturated rings. The topological polar surface area (TPSA) is 155 Å². The lowest BCUT2D eigenvalue weighted by Crippen LogP contribution is -2.34. The Morgan fingerprint density at radius 2 is 1.00 bits per heavy atom. The molecule has 0 amide bonds. The van der Waals surface area contributed by atoms with Gasteiger partial charge in [-0.15, -0.1) is 0 Å². The molecule has 0 aliphatic heterocycles. The van der Waals surface area contributed by atoms with Crippen LogP contribution in [0.1, 0.15) is 187 Å². The van der Waals surface area contributed by atoms with Gasteiger partial charge in [-0.25, -0.2) is 4.57 Å². The van der Waals surface area contributed by atoms with Gasteiger partial charge < -0.3 is 25.2 Å². The SMILES string of the molecule is CCCCCCC/C=C\CCCCCCCC(=O)OC(COCCCCCCCC/C=C\CCCCCCCC)COP(=O)(O)OCC(N)C(=O)O. The van der Waals surface area contributed by atoms with Crippen molar-refractivity contribution in [1.29, 1.82) is 0 Å². The van der Waals surface area contributed by atoms with Crippen LogP contribution in [0.3, 0.4) is 0 Å². The van der Waals surface area contributed by atoms with E-state index in [4.69, 9.17) is 29.4 Å². The second-order valence-electron chi connectivity index (χ2n) is 14.1. The maximum absolute atomic E-state index is 12.6. The summed E-state index contributed by atoms with van der Waals surface area (Å²) in [6, 6.07) is -1.47. The number of carbonyl (C=O) groups is 2. The van der Waals surface area contributed by atoms with Gasteiger partial charge in [-0.3, -0.25) is 18.6 Å². The molecule has 306 valence electrons. The van der Waals surface area contributed by atoms with Gasteiger partial charge in [0.1, 0.15) is 12.1 Å². The van der Waals surface area contributed by atoms with Crippen LogP contribution in [-0.2, 0) is 32.7 Å². The summed E-state index contributed by atoms with van der Waals surface area (Å²) in [4.78, 5) is 33.5. The Balaban J connectivity index is 4.27. The summed E-state index contributed by atoms with van der Waals surface area (Å²) < 4.78 is 33.3. The molecule has 0 aromatic heterocycles. The number of rotatable bonds is 40. The smallest absolute Gasteiger partial charge is 0.472 e. The molecule has 0 aromatic carbocycles. The van der Waals surface area contributed by atoms with Gasteiger partial charge in [0.05, 0.1) is 19.8 Å². The number of aliphatic carboxylic acids is 1. The first-order valence-corrected chi connectivity index (χ1v) is 22.4. The number of unbranched alkanes of at least 4 members (excludes halogenated alkanes) is 22. The Kier molecular flexibility index (Phi) is 36.6. The van der Waals surface area contributed by atoms with Gasteiger partial charge in [-0.1, -0.05) is 141 Å². The molecule has 3 unspecified atom stereocenters. The van der Waals surface area contributed by atoms with Gasteiger partial charge in [-0.2, -0.15) is 0 Å². The number of ether oxygens (including phenoxy) is 2. The molecule has 0 saturated heterocycles. The molecule has 3 atom stereocenters. The Bertz CT molecular complexity index is 930. The number of nitrogens with two attached hydrogens (primary N) is 1. The molecule has 4 N–H and O–H groups in total. The summed E-state index contributed by atoms with van der Waals surface area (Å²) in [6.45, 7) is 3.85. The third-order valence-electron chi connectivity index (χ3n) is 8.95. The standard InChI is InChI=1S/C41H78NO9P/c1-3-5-7-9-11-13-15-17-19-20-22-24-26-28-30-32-34-48-35-38(36-49-52(46,47)50-37-39(42)41(44)45)51-40(43)33-31-29-27-25-23-21-18-16-14-12-10-8-6-4-2/h16-19,38-39H,3-15,20-37,42H2,1-2H3,(H,44,45)(H,46,47)/b18-16-,19-17-. The lowest BCUT2D eigenvalue weighted by molar-refractivity contribution is -0.154. The van der Waals surface area contributed by atoms with Crippen molar-refractivity contribution >= 4 is 19.8 Å². The number of phosphoric acid groups is 1. The number of carbonyl (C=O) groups excluding carboxylic acids is 1. The maximum atomic E-state index is 12.6. The summed E-state index contributed by atoms with van der Waals surface area (Å²) in [5, 5.41) is 8.88. The van der Waals surface area contributed by atoms with Crippen LogP contribution in [0.5, 0.6) is 0 Å². The third-order valence-corrected chi connectivity index (χ3v) is 9.90. The zero-order valence-corrected chi connectivity index (χ0v) is 34.1. The van der Waals surface area contributed by atoms with Crippen LogP contribution in [0.2, 0.25) is 0 Å². The first kappa shape index (κ1) is 50.5. The fourth-order valence-electron chi connectivity index (χ4n) is 5.65. The van der Waals surface area contributed by atoms with Crippen LogP contribution in [0.15, 0.2) is 24.3 Å². The fraction of sp³-hybridized carbons (Fsp3) is 0.854. The van der Waals surface area contributed by atoms with Gasteiger partial charge in [0.15, 0.2) is 0 Å². The Morgan fingerprint density at radius 3 is 1.46 bits per heavy atom. The molecule has 0 saturated carbocycles. The zero-order chi connectivity index (χ0) is 38.4. The van der Waals surface area contributed by atoms with Crippen LogP contribution >= 0.6 is 7.82 Å². The molecule has 0 aliphatic carbocycles. The second kappa shape index (κ2) is 37.8. The largest absolute Gasteiger partial charge is 0.480 e. The first-order valence-electron chi connectivity index (χ1n) is 20.9. The van der Waals surface area contributed by atoms with E-state index < -0.39 is 45.1 Å². The molecule has 0 spiro atoms. The van der Waals surface area contributed by atoms with Crippen molar-refractivity contribution in [1.82, 2.24) is 0 Å². The highest BCUT2D eigenvalue weighted by molar-refractivity contribution is 7.47. The van der Waals surface area contributed by atoms with Crippen molar-refractivity contribution in [2.24, 2.45) is 5.73 Å². The highest BCUT2D eigenvalue weighted by atomic mass is 31.2. The molecule has 10 nitrogen and oxygen atoms in total. The van der Waals surface area contributed by atoms with Crippen LogP contribution in [0.25, 0.3) is 0 Å². The number of esters is 1. The van der Waals surface area contributed by atoms with Gasteiger partial charge in [-0.05, 0) is 64.2 Å². The first-order chi connectivity index (χ1) is 25.2. The minimum atomic E-state index is -4.61. The van der Waals surface area contributed by atoms with E-state index in [-0.39, 0.29) is 13.0 Å². The Morgan fingerprint density at radius 1 is 0.596 bits per heavy atom. The van der Waals surface area contributed by atoms with Gasteiger partial charge in [0.25, 0.3) is 0 Å². The van der Waals surface area contributed by atoms with Gasteiger partial charge in [0, 0.05) is 13.0 Å². The lowest BCUT2D eigenvalue weighted by Gasteiger charge is -2.20. The molecule has 0 bridgehead atoms. The van der Waals surface area contributed by atoms with Crippen molar-refractivity contribution < 1.29 is 42.7 Å². The van der Waals surface area contributed by atoms with Crippen LogP contribution < -0.4 is 5.73 Å². The summed E-state index contributed by atoms with van der Waals surface area (Å²) >= 11 is 0. The molecular weight excluding hydrogens is 681 g/mol. The van der Waals surface area contributed by atoms with Crippen LogP contribution in [0, 0.1) is 0 Å². The van der Waals surface area contributed by atoms with E-state index in [0.717, 1.165) is 57.8 Å². The molecule has 52 heavy (non-hydrogen) atoms. The van der Waals surface area contributed by atoms with E-state index in [1.54, 1.807) is 0 Å². The zero-order valence-electron chi connectivity index (χ0n) is 33.2. The predicted octanol–water partition coefficient (Wildman–Crippen LogP) is 11.1. The average Bonchev–Trinajstić information content (AvgIpc) is 3.12. The van der Waals surface area contributed by atoms with E-state index in [1.807, 2.05) is 0 Å². The fourth-order valence-corrected chi connectivity index (χ4v) is 6.43. The quantitative estimate of drug-likeness (QED) is 0.0238. The molecule has 0 radical (unpaired) electrons. The van der Waals surface area contributed by atoms with Crippen LogP contribution in [-0.4, -0.2) is 60.5 Å². The summed E-state index contributed by atoms with van der Waals surface area (Å²) in [5.41, 5.74) is 5.35. The lowest BCUT2D eigenvalue weighted by atomic mass is 10.1. The molecule has 11 heteroatoms. The Labute approximate surface area is 317 Å². The van der Waals surface area contributed by atoms with E-state index in [0.29, 0.717) is 13.0 Å². The van der Waals surface area contributed by atoms with E-state index >= 15 is 0 Å². The molecule has 0 rings (SSSR count).